The lowest BCUT2D eigenvalue weighted by molar-refractivity contribution is 0.327. The largest absolute Gasteiger partial charge is 0.318 e. The summed E-state index contributed by atoms with van der Waals surface area (Å²) in [6.45, 7) is 7.47. The molecule has 0 spiro atoms. The number of nitrogens with one attached hydrogen (secondary N) is 1. The van der Waals surface area contributed by atoms with E-state index in [-0.39, 0.29) is 12.4 Å². The first-order valence-electron chi connectivity index (χ1n) is 5.41. The van der Waals surface area contributed by atoms with Crippen molar-refractivity contribution in [2.45, 2.75) is 26.3 Å². The number of halogens is 1. The minimum atomic E-state index is 0. The quantitative estimate of drug-likeness (QED) is 0.854. The van der Waals surface area contributed by atoms with Crippen LogP contribution in [0.1, 0.15) is 29.7 Å². The van der Waals surface area contributed by atoms with Gasteiger partial charge in [-0.1, -0.05) is 13.8 Å². The Morgan fingerprint density at radius 3 is 2.69 bits per heavy atom. The average molecular weight is 264 g/mol. The Bertz CT molecular complexity index is 289. The minimum absolute atomic E-state index is 0. The van der Waals surface area contributed by atoms with Gasteiger partial charge >= 0.3 is 0 Å². The van der Waals surface area contributed by atoms with Gasteiger partial charge in [-0.3, -0.25) is 4.90 Å². The van der Waals surface area contributed by atoms with Crippen molar-refractivity contribution in [2.24, 2.45) is 0 Å². The molecule has 0 saturated heterocycles. The number of aromatic nitrogens is 1. The highest BCUT2D eigenvalue weighted by atomic mass is 35.5. The molecule has 0 aromatic carbocycles. The van der Waals surface area contributed by atoms with Gasteiger partial charge in [-0.15, -0.1) is 23.7 Å². The molecule has 0 saturated carbocycles. The molecule has 0 aliphatic rings. The first-order chi connectivity index (χ1) is 7.13. The molecule has 1 heterocycles. The lowest BCUT2D eigenvalue weighted by atomic mass is 10.2. The number of hydrogen-bond donors (Lipinski definition) is 1. The van der Waals surface area contributed by atoms with Gasteiger partial charge in [0.25, 0.3) is 0 Å². The zero-order valence-corrected chi connectivity index (χ0v) is 12.1. The Morgan fingerprint density at radius 2 is 2.19 bits per heavy atom. The van der Waals surface area contributed by atoms with Crippen molar-refractivity contribution < 1.29 is 0 Å². The lowest BCUT2D eigenvalue weighted by Crippen LogP contribution is -2.26. The minimum Gasteiger partial charge on any atom is -0.318 e. The van der Waals surface area contributed by atoms with Crippen LogP contribution < -0.4 is 5.32 Å². The Labute approximate surface area is 109 Å². The van der Waals surface area contributed by atoms with E-state index in [4.69, 9.17) is 0 Å². The van der Waals surface area contributed by atoms with Gasteiger partial charge in [0.05, 0.1) is 6.54 Å². The maximum Gasteiger partial charge on any atom is 0.107 e. The van der Waals surface area contributed by atoms with Crippen molar-refractivity contribution in [3.05, 3.63) is 16.1 Å². The molecule has 0 atom stereocenters. The number of thiazole rings is 1. The fraction of sp³-hybridized carbons (Fsp3) is 0.727. The third-order valence-corrected chi connectivity index (χ3v) is 3.57. The fourth-order valence-electron chi connectivity index (χ4n) is 1.28. The van der Waals surface area contributed by atoms with Crippen molar-refractivity contribution in [1.82, 2.24) is 15.2 Å². The van der Waals surface area contributed by atoms with Crippen LogP contribution in [0.5, 0.6) is 0 Å². The number of nitrogens with zero attached hydrogens (tertiary/aromatic N) is 2. The van der Waals surface area contributed by atoms with Gasteiger partial charge in [0, 0.05) is 24.2 Å². The monoisotopic (exact) mass is 263 g/mol. The van der Waals surface area contributed by atoms with E-state index in [1.165, 1.54) is 9.88 Å². The summed E-state index contributed by atoms with van der Waals surface area (Å²) in [5, 5.41) is 4.37. The predicted octanol–water partition coefficient (Wildman–Crippen LogP) is 2.34. The standard InChI is InChI=1S/C11H21N3S.ClH/c1-9(2)10-7-13-11(15-10)8-14(4)6-5-12-3;/h7,9,12H,5-6,8H2,1-4H3;1H. The second-order valence-corrected chi connectivity index (χ2v) is 5.30. The molecular formula is C11H22ClN3S. The van der Waals surface area contributed by atoms with E-state index in [0.717, 1.165) is 19.6 Å². The third-order valence-electron chi connectivity index (χ3n) is 2.29. The highest BCUT2D eigenvalue weighted by Gasteiger charge is 2.07. The summed E-state index contributed by atoms with van der Waals surface area (Å²) in [6, 6.07) is 0. The van der Waals surface area contributed by atoms with Gasteiger partial charge in [0.1, 0.15) is 5.01 Å². The van der Waals surface area contributed by atoms with E-state index in [0.29, 0.717) is 5.92 Å². The van der Waals surface area contributed by atoms with Gasteiger partial charge in [-0.05, 0) is 20.0 Å². The molecule has 94 valence electrons. The zero-order chi connectivity index (χ0) is 11.3. The van der Waals surface area contributed by atoms with Crippen LogP contribution in [0.2, 0.25) is 0 Å². The number of hydrogen-bond acceptors (Lipinski definition) is 4. The average Bonchev–Trinajstić information content (AvgIpc) is 2.63. The normalized spacial score (nSPS) is 10.9. The van der Waals surface area contributed by atoms with Gasteiger partial charge < -0.3 is 5.32 Å². The van der Waals surface area contributed by atoms with E-state index >= 15 is 0 Å². The summed E-state index contributed by atoms with van der Waals surface area (Å²) in [5.41, 5.74) is 0. The molecule has 16 heavy (non-hydrogen) atoms. The van der Waals surface area contributed by atoms with Gasteiger partial charge in [-0.2, -0.15) is 0 Å². The van der Waals surface area contributed by atoms with Crippen LogP contribution in [-0.4, -0.2) is 37.1 Å². The van der Waals surface area contributed by atoms with Gasteiger partial charge in [0.15, 0.2) is 0 Å². The van der Waals surface area contributed by atoms with E-state index in [9.17, 15) is 0 Å². The van der Waals surface area contributed by atoms with Gasteiger partial charge in [-0.25, -0.2) is 4.98 Å². The molecule has 0 fully saturated rings. The van der Waals surface area contributed by atoms with Crippen molar-refractivity contribution in [2.75, 3.05) is 27.2 Å². The first-order valence-corrected chi connectivity index (χ1v) is 6.23. The zero-order valence-electron chi connectivity index (χ0n) is 10.5. The van der Waals surface area contributed by atoms with E-state index in [1.807, 2.05) is 24.6 Å². The molecule has 1 aromatic rings. The molecule has 1 rings (SSSR count). The maximum atomic E-state index is 4.44. The van der Waals surface area contributed by atoms with Gasteiger partial charge in [0.2, 0.25) is 0 Å². The molecule has 0 bridgehead atoms. The van der Waals surface area contributed by atoms with Crippen LogP contribution >= 0.6 is 23.7 Å². The SMILES string of the molecule is CNCCN(C)Cc1ncc(C(C)C)s1.Cl. The Morgan fingerprint density at radius 1 is 1.50 bits per heavy atom. The Hall–Kier alpha value is -0.160. The van der Waals surface area contributed by atoms with Crippen LogP contribution in [0.4, 0.5) is 0 Å². The molecule has 5 heteroatoms. The highest BCUT2D eigenvalue weighted by molar-refractivity contribution is 7.11. The summed E-state index contributed by atoms with van der Waals surface area (Å²) in [4.78, 5) is 8.11. The van der Waals surface area contributed by atoms with Crippen molar-refractivity contribution in [1.29, 1.82) is 0 Å². The molecule has 0 aliphatic heterocycles. The fourth-order valence-corrected chi connectivity index (χ4v) is 2.28. The van der Waals surface area contributed by atoms with Crippen LogP contribution in [-0.2, 0) is 6.54 Å². The highest BCUT2D eigenvalue weighted by Crippen LogP contribution is 2.22. The van der Waals surface area contributed by atoms with Crippen LogP contribution in [0.3, 0.4) is 0 Å². The number of rotatable bonds is 6. The maximum absolute atomic E-state index is 4.44. The van der Waals surface area contributed by atoms with E-state index in [2.05, 4.69) is 36.1 Å². The summed E-state index contributed by atoms with van der Waals surface area (Å²) in [6.07, 6.45) is 2.01. The second kappa shape index (κ2) is 8.01. The molecule has 1 N–H and O–H groups in total. The molecule has 0 amide bonds. The molecular weight excluding hydrogens is 242 g/mol. The van der Waals surface area contributed by atoms with Crippen molar-refractivity contribution in [3.63, 3.8) is 0 Å². The van der Waals surface area contributed by atoms with Crippen molar-refractivity contribution >= 4 is 23.7 Å². The molecule has 0 radical (unpaired) electrons. The number of likely N-dealkylation sites (N-methyl/N-ethyl adjacent to an activating group) is 2. The van der Waals surface area contributed by atoms with Crippen LogP contribution in [0, 0.1) is 0 Å². The first kappa shape index (κ1) is 15.8. The summed E-state index contributed by atoms with van der Waals surface area (Å²) in [7, 11) is 4.11. The van der Waals surface area contributed by atoms with Crippen LogP contribution in [0.25, 0.3) is 0 Å². The lowest BCUT2D eigenvalue weighted by Gasteiger charge is -2.14. The van der Waals surface area contributed by atoms with Crippen molar-refractivity contribution in [3.8, 4) is 0 Å². The summed E-state index contributed by atoms with van der Waals surface area (Å²) in [5.74, 6) is 0.596. The Kier molecular flexibility index (Phi) is 7.93. The van der Waals surface area contributed by atoms with E-state index < -0.39 is 0 Å². The Balaban J connectivity index is 0.00000225. The summed E-state index contributed by atoms with van der Waals surface area (Å²) >= 11 is 1.83. The molecule has 3 nitrogen and oxygen atoms in total. The van der Waals surface area contributed by atoms with Crippen LogP contribution in [0.15, 0.2) is 6.20 Å². The smallest absolute Gasteiger partial charge is 0.107 e. The molecule has 0 unspecified atom stereocenters. The predicted molar refractivity (Wildman–Crippen MR) is 73.7 cm³/mol. The molecule has 1 aromatic heterocycles. The second-order valence-electron chi connectivity index (χ2n) is 4.15. The van der Waals surface area contributed by atoms with E-state index in [1.54, 1.807) is 0 Å². The topological polar surface area (TPSA) is 28.2 Å². The summed E-state index contributed by atoms with van der Waals surface area (Å²) < 4.78 is 0. The third kappa shape index (κ3) is 5.25. The molecule has 0 aliphatic carbocycles.